The molecule has 1 aromatic carbocycles. The largest absolute Gasteiger partial charge is 0.373 e. The fourth-order valence-corrected chi connectivity index (χ4v) is 1.51. The fraction of sp³-hybridized carbons (Fsp3) is 0.364. The summed E-state index contributed by atoms with van der Waals surface area (Å²) in [6, 6.07) is 6.25. The number of nitrogens with two attached hydrogens (primary N) is 1. The van der Waals surface area contributed by atoms with Crippen molar-refractivity contribution in [2.45, 2.75) is 6.42 Å². The van der Waals surface area contributed by atoms with Gasteiger partial charge in [-0.05, 0) is 19.0 Å². The number of nitro benzene ring substituents is 1. The van der Waals surface area contributed by atoms with Crippen LogP contribution in [-0.2, 0) is 0 Å². The van der Waals surface area contributed by atoms with Gasteiger partial charge in [-0.1, -0.05) is 0 Å². The van der Waals surface area contributed by atoms with Crippen LogP contribution in [0.4, 0.5) is 11.4 Å². The molecule has 0 radical (unpaired) electrons. The van der Waals surface area contributed by atoms with E-state index in [1.165, 1.54) is 12.1 Å². The summed E-state index contributed by atoms with van der Waals surface area (Å²) in [6.07, 6.45) is 0.804. The van der Waals surface area contributed by atoms with Gasteiger partial charge in [0.25, 0.3) is 5.69 Å². The van der Waals surface area contributed by atoms with Gasteiger partial charge in [0.15, 0.2) is 0 Å². The van der Waals surface area contributed by atoms with Crippen molar-refractivity contribution >= 4 is 11.4 Å². The Labute approximate surface area is 99.4 Å². The Morgan fingerprint density at radius 1 is 1.59 bits per heavy atom. The van der Waals surface area contributed by atoms with Crippen molar-refractivity contribution in [3.63, 3.8) is 0 Å². The van der Waals surface area contributed by atoms with Crippen LogP contribution in [0.15, 0.2) is 18.2 Å². The van der Waals surface area contributed by atoms with Gasteiger partial charge in [-0.3, -0.25) is 10.1 Å². The third-order valence-corrected chi connectivity index (χ3v) is 2.42. The van der Waals surface area contributed by atoms with Crippen LogP contribution in [-0.4, -0.2) is 25.1 Å². The van der Waals surface area contributed by atoms with Gasteiger partial charge in [0.05, 0.1) is 16.2 Å². The third-order valence-electron chi connectivity index (χ3n) is 2.42. The summed E-state index contributed by atoms with van der Waals surface area (Å²) in [5.41, 5.74) is 6.33. The van der Waals surface area contributed by atoms with E-state index >= 15 is 0 Å². The highest BCUT2D eigenvalue weighted by atomic mass is 16.6. The highest BCUT2D eigenvalue weighted by molar-refractivity contribution is 5.62. The lowest BCUT2D eigenvalue weighted by molar-refractivity contribution is -0.384. The average molecular weight is 234 g/mol. The lowest BCUT2D eigenvalue weighted by atomic mass is 10.1. The monoisotopic (exact) mass is 234 g/mol. The maximum Gasteiger partial charge on any atom is 0.270 e. The van der Waals surface area contributed by atoms with Crippen molar-refractivity contribution in [1.82, 2.24) is 0 Å². The first kappa shape index (κ1) is 12.9. The summed E-state index contributed by atoms with van der Waals surface area (Å²) in [5, 5.41) is 19.6. The second-order valence-electron chi connectivity index (χ2n) is 3.63. The molecule has 90 valence electrons. The van der Waals surface area contributed by atoms with Gasteiger partial charge in [-0.25, -0.2) is 0 Å². The van der Waals surface area contributed by atoms with Crippen molar-refractivity contribution in [3.05, 3.63) is 33.9 Å². The number of non-ortho nitro benzene ring substituents is 1. The summed E-state index contributed by atoms with van der Waals surface area (Å²) in [4.78, 5) is 11.9. The van der Waals surface area contributed by atoms with Crippen molar-refractivity contribution in [2.75, 3.05) is 25.0 Å². The molecule has 0 aliphatic rings. The molecular formula is C11H14N4O2. The fourth-order valence-electron chi connectivity index (χ4n) is 1.51. The van der Waals surface area contributed by atoms with Crippen molar-refractivity contribution in [3.8, 4) is 6.07 Å². The zero-order chi connectivity index (χ0) is 12.8. The first-order valence-electron chi connectivity index (χ1n) is 5.20. The summed E-state index contributed by atoms with van der Waals surface area (Å²) >= 11 is 0. The van der Waals surface area contributed by atoms with E-state index in [0.717, 1.165) is 6.42 Å². The molecule has 1 rings (SSSR count). The Morgan fingerprint density at radius 3 is 2.82 bits per heavy atom. The molecule has 0 aromatic heterocycles. The van der Waals surface area contributed by atoms with Crippen molar-refractivity contribution < 1.29 is 4.92 Å². The molecule has 6 heteroatoms. The van der Waals surface area contributed by atoms with E-state index in [2.05, 4.69) is 0 Å². The highest BCUT2D eigenvalue weighted by Crippen LogP contribution is 2.24. The molecule has 0 amide bonds. The Morgan fingerprint density at radius 2 is 2.29 bits per heavy atom. The first-order chi connectivity index (χ1) is 8.10. The number of anilines is 1. The van der Waals surface area contributed by atoms with E-state index < -0.39 is 4.92 Å². The lowest BCUT2D eigenvalue weighted by Gasteiger charge is -2.19. The lowest BCUT2D eigenvalue weighted by Crippen LogP contribution is -2.21. The van der Waals surface area contributed by atoms with E-state index in [1.807, 2.05) is 18.0 Å². The molecule has 0 spiro atoms. The molecular weight excluding hydrogens is 220 g/mol. The smallest absolute Gasteiger partial charge is 0.270 e. The van der Waals surface area contributed by atoms with E-state index in [0.29, 0.717) is 24.3 Å². The summed E-state index contributed by atoms with van der Waals surface area (Å²) in [7, 11) is 1.83. The molecule has 0 fully saturated rings. The average Bonchev–Trinajstić information content (AvgIpc) is 2.34. The van der Waals surface area contributed by atoms with E-state index in [1.54, 1.807) is 6.07 Å². The molecule has 6 nitrogen and oxygen atoms in total. The number of nitrogens with zero attached hydrogens (tertiary/aromatic N) is 3. The van der Waals surface area contributed by atoms with Crippen molar-refractivity contribution in [2.24, 2.45) is 5.73 Å². The third kappa shape index (κ3) is 3.16. The quantitative estimate of drug-likeness (QED) is 0.611. The Bertz CT molecular complexity index is 453. The molecule has 1 aromatic rings. The maximum atomic E-state index is 10.6. The van der Waals surface area contributed by atoms with E-state index in [4.69, 9.17) is 11.0 Å². The number of hydrogen-bond acceptors (Lipinski definition) is 5. The molecule has 0 unspecified atom stereocenters. The highest BCUT2D eigenvalue weighted by Gasteiger charge is 2.12. The molecule has 2 N–H and O–H groups in total. The van der Waals surface area contributed by atoms with Gasteiger partial charge in [0.1, 0.15) is 6.07 Å². The van der Waals surface area contributed by atoms with Crippen LogP contribution in [0.25, 0.3) is 0 Å². The second kappa shape index (κ2) is 5.82. The van der Waals surface area contributed by atoms with Gasteiger partial charge in [-0.2, -0.15) is 5.26 Å². The molecule has 0 aliphatic carbocycles. The first-order valence-corrected chi connectivity index (χ1v) is 5.20. The molecule has 0 heterocycles. The minimum Gasteiger partial charge on any atom is -0.373 e. The Balaban J connectivity index is 3.01. The predicted octanol–water partition coefficient (Wildman–Crippen LogP) is 1.25. The molecule has 17 heavy (non-hydrogen) atoms. The number of hydrogen-bond donors (Lipinski definition) is 1. The summed E-state index contributed by atoms with van der Waals surface area (Å²) in [5.74, 6) is 0. The number of benzene rings is 1. The van der Waals surface area contributed by atoms with Gasteiger partial charge in [0, 0.05) is 25.7 Å². The molecule has 0 saturated heterocycles. The predicted molar refractivity (Wildman–Crippen MR) is 64.8 cm³/mol. The molecule has 0 saturated carbocycles. The number of nitro groups is 1. The summed E-state index contributed by atoms with van der Waals surface area (Å²) < 4.78 is 0. The van der Waals surface area contributed by atoms with Crippen LogP contribution >= 0.6 is 0 Å². The van der Waals surface area contributed by atoms with E-state index in [9.17, 15) is 10.1 Å². The topological polar surface area (TPSA) is 96.2 Å². The molecule has 0 atom stereocenters. The standard InChI is InChI=1S/C11H14N4O2/c1-14(6-2-5-12)11-4-3-10(15(16)17)7-9(11)8-13/h3-4,7H,2,5-6,12H2,1H3. The Hall–Kier alpha value is -2.13. The minimum absolute atomic E-state index is 0.0717. The Kier molecular flexibility index (Phi) is 4.43. The summed E-state index contributed by atoms with van der Waals surface area (Å²) in [6.45, 7) is 1.28. The molecule has 0 aliphatic heterocycles. The van der Waals surface area contributed by atoms with Gasteiger partial charge < -0.3 is 10.6 Å². The van der Waals surface area contributed by atoms with Crippen LogP contribution < -0.4 is 10.6 Å². The second-order valence-corrected chi connectivity index (χ2v) is 3.63. The number of rotatable bonds is 5. The van der Waals surface area contributed by atoms with Crippen LogP contribution in [0.5, 0.6) is 0 Å². The SMILES string of the molecule is CN(CCCN)c1ccc([N+](=O)[O-])cc1C#N. The zero-order valence-electron chi connectivity index (χ0n) is 9.59. The van der Waals surface area contributed by atoms with Crippen LogP contribution in [0.2, 0.25) is 0 Å². The zero-order valence-corrected chi connectivity index (χ0v) is 9.59. The van der Waals surface area contributed by atoms with Gasteiger partial charge >= 0.3 is 0 Å². The number of nitriles is 1. The van der Waals surface area contributed by atoms with E-state index in [-0.39, 0.29) is 5.69 Å². The van der Waals surface area contributed by atoms with Gasteiger partial charge in [0.2, 0.25) is 0 Å². The normalized spacial score (nSPS) is 9.71. The van der Waals surface area contributed by atoms with Crippen LogP contribution in [0, 0.1) is 21.4 Å². The van der Waals surface area contributed by atoms with Gasteiger partial charge in [-0.15, -0.1) is 0 Å². The molecule has 0 bridgehead atoms. The van der Waals surface area contributed by atoms with Crippen LogP contribution in [0.1, 0.15) is 12.0 Å². The van der Waals surface area contributed by atoms with Crippen molar-refractivity contribution in [1.29, 1.82) is 5.26 Å². The van der Waals surface area contributed by atoms with Crippen LogP contribution in [0.3, 0.4) is 0 Å². The minimum atomic E-state index is -0.509. The maximum absolute atomic E-state index is 10.6.